The number of thioether (sulfide) groups is 1. The van der Waals surface area contributed by atoms with Crippen molar-refractivity contribution < 1.29 is 22.7 Å². The van der Waals surface area contributed by atoms with Gasteiger partial charge in [0, 0.05) is 24.5 Å². The van der Waals surface area contributed by atoms with Crippen LogP contribution in [0.1, 0.15) is 33.3 Å². The van der Waals surface area contributed by atoms with E-state index in [9.17, 15) is 13.2 Å². The highest BCUT2D eigenvalue weighted by Crippen LogP contribution is 2.39. The molecule has 0 spiro atoms. The number of sulfonamides is 1. The second-order valence-corrected chi connectivity index (χ2v) is 10.9. The molecular weight excluding hydrogens is 444 g/mol. The van der Waals surface area contributed by atoms with E-state index in [2.05, 4.69) is 30.3 Å². The third kappa shape index (κ3) is 5.10. The fraction of sp³-hybridized carbons (Fsp3) is 0.444. The van der Waals surface area contributed by atoms with Crippen molar-refractivity contribution in [2.24, 2.45) is 4.99 Å². The van der Waals surface area contributed by atoms with Gasteiger partial charge in [-0.15, -0.1) is 0 Å². The standard InChI is InChI=1S/C18H24N6O5S2/c1-6-19-16(25)23-17-22-12-7-11(13(28-5)29-14(12)30-17)10-8-20-15(21-9-10)24-31(26,27)18(2,3)4/h7-9,14H,6H2,1-5H3,(H,20,21,24)(H2,19,22,23,25). The summed E-state index contributed by atoms with van der Waals surface area (Å²) in [7, 11) is -2.18. The maximum atomic E-state index is 12.3. The lowest BCUT2D eigenvalue weighted by Crippen LogP contribution is -2.37. The van der Waals surface area contributed by atoms with Crippen LogP contribution >= 0.6 is 11.8 Å². The summed E-state index contributed by atoms with van der Waals surface area (Å²) in [5.74, 6) is 0.200. The summed E-state index contributed by atoms with van der Waals surface area (Å²) in [6, 6.07) is -0.352. The number of carbonyl (C=O) groups is 1. The van der Waals surface area contributed by atoms with Crippen molar-refractivity contribution in [3.8, 4) is 0 Å². The SMILES string of the molecule is CCNC(=O)NC1=NC2=CC(c3cnc(NS(=O)(=O)C(C)(C)C)nc3)=C(OC)OC2S1. The van der Waals surface area contributed by atoms with E-state index in [0.717, 1.165) is 0 Å². The van der Waals surface area contributed by atoms with Gasteiger partial charge in [0.25, 0.3) is 5.95 Å². The van der Waals surface area contributed by atoms with Crippen LogP contribution in [0.2, 0.25) is 0 Å². The molecule has 0 aliphatic carbocycles. The zero-order valence-electron chi connectivity index (χ0n) is 17.7. The van der Waals surface area contributed by atoms with Gasteiger partial charge in [-0.2, -0.15) is 0 Å². The molecule has 31 heavy (non-hydrogen) atoms. The van der Waals surface area contributed by atoms with E-state index in [1.807, 2.05) is 6.92 Å². The van der Waals surface area contributed by atoms with Gasteiger partial charge in [0.05, 0.1) is 23.1 Å². The van der Waals surface area contributed by atoms with Gasteiger partial charge in [-0.1, -0.05) is 0 Å². The number of fused-ring (bicyclic) bond motifs is 1. The molecule has 1 aromatic rings. The van der Waals surface area contributed by atoms with Crippen LogP contribution in [0.4, 0.5) is 10.7 Å². The monoisotopic (exact) mass is 468 g/mol. The Kier molecular flexibility index (Phi) is 6.46. The average Bonchev–Trinajstić information content (AvgIpc) is 3.07. The van der Waals surface area contributed by atoms with Crippen LogP contribution in [0.25, 0.3) is 5.57 Å². The number of nitrogens with one attached hydrogen (secondary N) is 3. The molecule has 0 bridgehead atoms. The molecule has 1 atom stereocenters. The van der Waals surface area contributed by atoms with Gasteiger partial charge in [-0.05, 0) is 45.5 Å². The minimum Gasteiger partial charge on any atom is -0.468 e. The van der Waals surface area contributed by atoms with Crippen LogP contribution in [-0.4, -0.2) is 53.4 Å². The molecule has 3 heterocycles. The zero-order valence-corrected chi connectivity index (χ0v) is 19.3. The van der Waals surface area contributed by atoms with E-state index in [4.69, 9.17) is 9.47 Å². The Hall–Kier alpha value is -2.80. The molecule has 0 saturated heterocycles. The lowest BCUT2D eigenvalue weighted by Gasteiger charge is -2.22. The van der Waals surface area contributed by atoms with Gasteiger partial charge < -0.3 is 14.8 Å². The largest absolute Gasteiger partial charge is 0.468 e. The zero-order chi connectivity index (χ0) is 22.8. The number of urea groups is 1. The first kappa shape index (κ1) is 22.9. The first-order chi connectivity index (χ1) is 14.5. The number of amidine groups is 1. The number of carbonyl (C=O) groups excluding carboxylic acids is 1. The number of ether oxygens (including phenoxy) is 2. The topological polar surface area (TPSA) is 144 Å². The fourth-order valence-corrected chi connectivity index (χ4v) is 3.96. The number of hydrogen-bond acceptors (Lipinski definition) is 9. The Bertz CT molecular complexity index is 1060. The van der Waals surface area contributed by atoms with Crippen molar-refractivity contribution in [2.75, 3.05) is 18.4 Å². The van der Waals surface area contributed by atoms with Crippen LogP contribution < -0.4 is 15.4 Å². The summed E-state index contributed by atoms with van der Waals surface area (Å²) in [4.78, 5) is 24.3. The van der Waals surface area contributed by atoms with Gasteiger partial charge in [0.15, 0.2) is 10.6 Å². The molecule has 0 saturated carbocycles. The van der Waals surface area contributed by atoms with E-state index in [1.54, 1.807) is 26.8 Å². The maximum absolute atomic E-state index is 12.3. The molecule has 3 N–H and O–H groups in total. The summed E-state index contributed by atoms with van der Waals surface area (Å²) in [6.07, 6.45) is 4.68. The first-order valence-corrected chi connectivity index (χ1v) is 11.7. The van der Waals surface area contributed by atoms with Gasteiger partial charge in [0.2, 0.25) is 16.0 Å². The number of aliphatic imine (C=N–C) groups is 1. The Balaban J connectivity index is 1.82. The minimum atomic E-state index is -3.64. The van der Waals surface area contributed by atoms with Crippen molar-refractivity contribution >= 4 is 44.5 Å². The molecule has 0 radical (unpaired) electrons. The molecule has 2 aliphatic heterocycles. The molecule has 0 fully saturated rings. The second-order valence-electron chi connectivity index (χ2n) is 7.46. The highest BCUT2D eigenvalue weighted by atomic mass is 32.2. The first-order valence-electron chi connectivity index (χ1n) is 9.35. The smallest absolute Gasteiger partial charge is 0.320 e. The van der Waals surface area contributed by atoms with Gasteiger partial charge >= 0.3 is 6.03 Å². The van der Waals surface area contributed by atoms with Gasteiger partial charge in [-0.3, -0.25) is 10.0 Å². The summed E-state index contributed by atoms with van der Waals surface area (Å²) in [5.41, 5.74) is 1.22. The predicted octanol–water partition coefficient (Wildman–Crippen LogP) is 1.99. The number of methoxy groups -OCH3 is 1. The van der Waals surface area contributed by atoms with Crippen molar-refractivity contribution in [3.63, 3.8) is 0 Å². The number of aromatic nitrogens is 2. The van der Waals surface area contributed by atoms with Gasteiger partial charge in [0.1, 0.15) is 0 Å². The molecular formula is C18H24N6O5S2. The highest BCUT2D eigenvalue weighted by molar-refractivity contribution is 8.14. The molecule has 13 heteroatoms. The lowest BCUT2D eigenvalue weighted by atomic mass is 10.1. The van der Waals surface area contributed by atoms with Crippen molar-refractivity contribution in [3.05, 3.63) is 35.7 Å². The lowest BCUT2D eigenvalue weighted by molar-refractivity contribution is 0.0612. The quantitative estimate of drug-likeness (QED) is 0.595. The van der Waals surface area contributed by atoms with E-state index >= 15 is 0 Å². The molecule has 1 unspecified atom stereocenters. The van der Waals surface area contributed by atoms with E-state index in [-0.39, 0.29) is 17.9 Å². The molecule has 0 aromatic carbocycles. The van der Waals surface area contributed by atoms with Crippen LogP contribution in [0.15, 0.2) is 35.1 Å². The number of nitrogens with zero attached hydrogens (tertiary/aromatic N) is 3. The van der Waals surface area contributed by atoms with Crippen LogP contribution in [0.5, 0.6) is 0 Å². The third-order valence-electron chi connectivity index (χ3n) is 4.15. The van der Waals surface area contributed by atoms with Crippen LogP contribution in [0, 0.1) is 0 Å². The normalized spacial score (nSPS) is 18.4. The Morgan fingerprint density at radius 2 is 1.97 bits per heavy atom. The maximum Gasteiger partial charge on any atom is 0.320 e. The van der Waals surface area contributed by atoms with Crippen molar-refractivity contribution in [1.29, 1.82) is 0 Å². The van der Waals surface area contributed by atoms with Crippen LogP contribution in [0.3, 0.4) is 0 Å². The molecule has 3 rings (SSSR count). The molecule has 11 nitrogen and oxygen atoms in total. The summed E-state index contributed by atoms with van der Waals surface area (Å²) in [5, 5.41) is 5.70. The number of hydrogen-bond donors (Lipinski definition) is 3. The predicted molar refractivity (Wildman–Crippen MR) is 118 cm³/mol. The Morgan fingerprint density at radius 3 is 2.55 bits per heavy atom. The molecule has 1 aromatic heterocycles. The molecule has 2 aliphatic rings. The molecule has 2 amide bonds. The third-order valence-corrected chi connectivity index (χ3v) is 7.19. The number of anilines is 1. The van der Waals surface area contributed by atoms with Crippen molar-refractivity contribution in [1.82, 2.24) is 20.6 Å². The molecule has 168 valence electrons. The summed E-state index contributed by atoms with van der Waals surface area (Å²) >= 11 is 1.24. The van der Waals surface area contributed by atoms with Gasteiger partial charge in [-0.25, -0.2) is 28.2 Å². The Morgan fingerprint density at radius 1 is 1.29 bits per heavy atom. The summed E-state index contributed by atoms with van der Waals surface area (Å²) in [6.45, 7) is 7.05. The van der Waals surface area contributed by atoms with Crippen LogP contribution in [-0.2, 0) is 19.5 Å². The average molecular weight is 469 g/mol. The number of rotatable bonds is 5. The number of allylic oxidation sites excluding steroid dienone is 2. The minimum absolute atomic E-state index is 0.0386. The second kappa shape index (κ2) is 8.75. The van der Waals surface area contributed by atoms with E-state index in [1.165, 1.54) is 31.3 Å². The summed E-state index contributed by atoms with van der Waals surface area (Å²) < 4.78 is 37.1. The van der Waals surface area contributed by atoms with E-state index in [0.29, 0.717) is 28.5 Å². The number of amides is 2. The highest BCUT2D eigenvalue weighted by Gasteiger charge is 2.34. The van der Waals surface area contributed by atoms with E-state index < -0.39 is 20.2 Å². The Labute approximate surface area is 184 Å². The fourth-order valence-electron chi connectivity index (χ4n) is 2.42. The van der Waals surface area contributed by atoms with Crippen molar-refractivity contribution in [2.45, 2.75) is 37.9 Å².